The number of carboxylic acids is 1. The number of carboxylic acid groups (broad SMARTS) is 1. The van der Waals surface area contributed by atoms with Gasteiger partial charge in [0.25, 0.3) is 0 Å². The summed E-state index contributed by atoms with van der Waals surface area (Å²) in [7, 11) is 1.47. The van der Waals surface area contributed by atoms with Crippen molar-refractivity contribution in [2.45, 2.75) is 0 Å². The average molecular weight is 238 g/mol. The SMILES string of the molecule is Cn1cc(C(=O)O)nc1-c1c(F)cccc1F. The van der Waals surface area contributed by atoms with Gasteiger partial charge in [0.1, 0.15) is 17.5 Å². The lowest BCUT2D eigenvalue weighted by Crippen LogP contribution is -1.98. The van der Waals surface area contributed by atoms with Gasteiger partial charge in [0.15, 0.2) is 5.69 Å². The number of rotatable bonds is 2. The molecule has 0 bridgehead atoms. The van der Waals surface area contributed by atoms with Crippen LogP contribution in [0.25, 0.3) is 11.4 Å². The maximum absolute atomic E-state index is 13.5. The highest BCUT2D eigenvalue weighted by Crippen LogP contribution is 2.24. The zero-order valence-corrected chi connectivity index (χ0v) is 8.82. The third-order valence-electron chi connectivity index (χ3n) is 2.28. The highest BCUT2D eigenvalue weighted by Gasteiger charge is 2.18. The first-order chi connectivity index (χ1) is 8.00. The van der Waals surface area contributed by atoms with Crippen LogP contribution in [-0.2, 0) is 7.05 Å². The summed E-state index contributed by atoms with van der Waals surface area (Å²) in [5, 5.41) is 8.74. The molecule has 0 unspecified atom stereocenters. The van der Waals surface area contributed by atoms with E-state index < -0.39 is 17.6 Å². The van der Waals surface area contributed by atoms with E-state index in [1.807, 2.05) is 0 Å². The number of aromatic nitrogens is 2. The highest BCUT2D eigenvalue weighted by atomic mass is 19.1. The van der Waals surface area contributed by atoms with E-state index >= 15 is 0 Å². The van der Waals surface area contributed by atoms with Gasteiger partial charge in [0, 0.05) is 13.2 Å². The fourth-order valence-electron chi connectivity index (χ4n) is 1.51. The molecule has 2 aromatic rings. The molecule has 0 saturated carbocycles. The minimum absolute atomic E-state index is 0.0574. The smallest absolute Gasteiger partial charge is 0.356 e. The number of imidazole rings is 1. The largest absolute Gasteiger partial charge is 0.476 e. The molecule has 0 radical (unpaired) electrons. The molecule has 0 aliphatic carbocycles. The van der Waals surface area contributed by atoms with Crippen LogP contribution < -0.4 is 0 Å². The number of hydrogen-bond acceptors (Lipinski definition) is 2. The Labute approximate surface area is 95.1 Å². The average Bonchev–Trinajstić information content (AvgIpc) is 2.61. The zero-order valence-electron chi connectivity index (χ0n) is 8.82. The molecule has 0 spiro atoms. The second-order valence-corrected chi connectivity index (χ2v) is 3.46. The quantitative estimate of drug-likeness (QED) is 0.871. The van der Waals surface area contributed by atoms with Crippen LogP contribution in [0.3, 0.4) is 0 Å². The van der Waals surface area contributed by atoms with Crippen molar-refractivity contribution in [3.05, 3.63) is 41.7 Å². The maximum atomic E-state index is 13.5. The Kier molecular flexibility index (Phi) is 2.63. The number of aryl methyl sites for hydroxylation is 1. The molecule has 0 aliphatic heterocycles. The standard InChI is InChI=1S/C11H8F2N2O2/c1-15-5-8(11(16)17)14-10(15)9-6(12)3-2-4-7(9)13/h2-5H,1H3,(H,16,17). The second kappa shape index (κ2) is 3.97. The van der Waals surface area contributed by atoms with E-state index in [9.17, 15) is 13.6 Å². The molecule has 0 atom stereocenters. The molecular weight excluding hydrogens is 230 g/mol. The van der Waals surface area contributed by atoms with Crippen LogP contribution in [0.1, 0.15) is 10.5 Å². The van der Waals surface area contributed by atoms with Crippen LogP contribution >= 0.6 is 0 Å². The van der Waals surface area contributed by atoms with Crippen LogP contribution in [0.4, 0.5) is 8.78 Å². The molecule has 0 amide bonds. The van der Waals surface area contributed by atoms with Crippen molar-refractivity contribution in [2.75, 3.05) is 0 Å². The number of aromatic carboxylic acids is 1. The van der Waals surface area contributed by atoms with E-state index in [2.05, 4.69) is 4.98 Å². The first-order valence-electron chi connectivity index (χ1n) is 4.71. The lowest BCUT2D eigenvalue weighted by molar-refractivity contribution is 0.0691. The lowest BCUT2D eigenvalue weighted by Gasteiger charge is -2.03. The Morgan fingerprint density at radius 2 is 1.94 bits per heavy atom. The Balaban J connectivity index is 2.64. The third-order valence-corrected chi connectivity index (χ3v) is 2.28. The molecule has 88 valence electrons. The van der Waals surface area contributed by atoms with Gasteiger partial charge in [-0.1, -0.05) is 6.07 Å². The number of hydrogen-bond donors (Lipinski definition) is 1. The fraction of sp³-hybridized carbons (Fsp3) is 0.0909. The van der Waals surface area contributed by atoms with E-state index in [1.54, 1.807) is 0 Å². The van der Waals surface area contributed by atoms with Gasteiger partial charge in [-0.15, -0.1) is 0 Å². The van der Waals surface area contributed by atoms with Gasteiger partial charge in [-0.25, -0.2) is 18.6 Å². The number of nitrogens with zero attached hydrogens (tertiary/aromatic N) is 2. The third kappa shape index (κ3) is 1.89. The normalized spacial score (nSPS) is 10.5. The zero-order chi connectivity index (χ0) is 12.6. The van der Waals surface area contributed by atoms with Crippen molar-refractivity contribution in [3.63, 3.8) is 0 Å². The van der Waals surface area contributed by atoms with E-state index in [0.29, 0.717) is 0 Å². The monoisotopic (exact) mass is 238 g/mol. The Bertz CT molecular complexity index is 573. The van der Waals surface area contributed by atoms with E-state index in [0.717, 1.165) is 12.1 Å². The fourth-order valence-corrected chi connectivity index (χ4v) is 1.51. The summed E-state index contributed by atoms with van der Waals surface area (Å²) in [6, 6.07) is 3.41. The summed E-state index contributed by atoms with van der Waals surface area (Å²) in [6.07, 6.45) is 1.20. The topological polar surface area (TPSA) is 55.1 Å². The first-order valence-corrected chi connectivity index (χ1v) is 4.71. The predicted molar refractivity (Wildman–Crippen MR) is 55.5 cm³/mol. The first kappa shape index (κ1) is 11.3. The molecular formula is C11H8F2N2O2. The summed E-state index contributed by atoms with van der Waals surface area (Å²) < 4.78 is 28.2. The summed E-state index contributed by atoms with van der Waals surface area (Å²) in [4.78, 5) is 14.4. The molecule has 6 heteroatoms. The molecule has 1 heterocycles. The Morgan fingerprint density at radius 1 is 1.35 bits per heavy atom. The Hall–Kier alpha value is -2.24. The van der Waals surface area contributed by atoms with Gasteiger partial charge in [-0.05, 0) is 12.1 Å². The molecule has 0 fully saturated rings. The molecule has 1 aromatic carbocycles. The predicted octanol–water partition coefficient (Wildman–Crippen LogP) is 2.06. The summed E-state index contributed by atoms with van der Waals surface area (Å²) in [6.45, 7) is 0. The van der Waals surface area contributed by atoms with E-state index in [1.165, 1.54) is 23.9 Å². The lowest BCUT2D eigenvalue weighted by atomic mass is 10.2. The second-order valence-electron chi connectivity index (χ2n) is 3.46. The molecule has 0 aliphatic rings. The van der Waals surface area contributed by atoms with Crippen molar-refractivity contribution in [1.29, 1.82) is 0 Å². The van der Waals surface area contributed by atoms with Crippen LogP contribution in [0.2, 0.25) is 0 Å². The summed E-state index contributed by atoms with van der Waals surface area (Å²) in [5.74, 6) is -2.87. The van der Waals surface area contributed by atoms with Gasteiger partial charge < -0.3 is 9.67 Å². The van der Waals surface area contributed by atoms with Crippen LogP contribution in [0.5, 0.6) is 0 Å². The molecule has 17 heavy (non-hydrogen) atoms. The summed E-state index contributed by atoms with van der Waals surface area (Å²) in [5.41, 5.74) is -0.590. The minimum Gasteiger partial charge on any atom is -0.476 e. The van der Waals surface area contributed by atoms with Crippen molar-refractivity contribution in [1.82, 2.24) is 9.55 Å². The van der Waals surface area contributed by atoms with Gasteiger partial charge in [0.05, 0.1) is 5.56 Å². The Morgan fingerprint density at radius 3 is 2.41 bits per heavy atom. The van der Waals surface area contributed by atoms with E-state index in [4.69, 9.17) is 5.11 Å². The van der Waals surface area contributed by atoms with Crippen molar-refractivity contribution < 1.29 is 18.7 Å². The van der Waals surface area contributed by atoms with Gasteiger partial charge in [0.2, 0.25) is 0 Å². The highest BCUT2D eigenvalue weighted by molar-refractivity contribution is 5.86. The number of carbonyl (C=O) groups is 1. The molecule has 0 saturated heterocycles. The van der Waals surface area contributed by atoms with Crippen molar-refractivity contribution >= 4 is 5.97 Å². The van der Waals surface area contributed by atoms with Crippen molar-refractivity contribution in [3.8, 4) is 11.4 Å². The molecule has 4 nitrogen and oxygen atoms in total. The molecule has 1 N–H and O–H groups in total. The number of benzene rings is 1. The van der Waals surface area contributed by atoms with Crippen LogP contribution in [0, 0.1) is 11.6 Å². The molecule has 2 rings (SSSR count). The van der Waals surface area contributed by atoms with Crippen LogP contribution in [0.15, 0.2) is 24.4 Å². The van der Waals surface area contributed by atoms with Gasteiger partial charge in [-0.3, -0.25) is 0 Å². The molecule has 1 aromatic heterocycles. The number of halogens is 2. The van der Waals surface area contributed by atoms with Gasteiger partial charge >= 0.3 is 5.97 Å². The van der Waals surface area contributed by atoms with Crippen molar-refractivity contribution in [2.24, 2.45) is 7.05 Å². The van der Waals surface area contributed by atoms with Crippen LogP contribution in [-0.4, -0.2) is 20.6 Å². The minimum atomic E-state index is -1.25. The maximum Gasteiger partial charge on any atom is 0.356 e. The van der Waals surface area contributed by atoms with Gasteiger partial charge in [-0.2, -0.15) is 0 Å². The van der Waals surface area contributed by atoms with E-state index in [-0.39, 0.29) is 17.1 Å². The summed E-state index contributed by atoms with van der Waals surface area (Å²) >= 11 is 0.